The van der Waals surface area contributed by atoms with Gasteiger partial charge in [-0.05, 0) is 31.5 Å². The molecule has 0 aromatic heterocycles. The lowest BCUT2D eigenvalue weighted by Crippen LogP contribution is -2.46. The summed E-state index contributed by atoms with van der Waals surface area (Å²) in [5.74, 6) is -1.26. The fourth-order valence-electron chi connectivity index (χ4n) is 2.12. The standard InChI is InChI=1S/C13H15F4NO/c1-12(2)7-18-6-11(19-12)8-3-4-10(14)9(5-8)13(15,16)17/h3-5,11,18H,6-7H2,1-2H3. The Morgan fingerprint density at radius 3 is 2.58 bits per heavy atom. The summed E-state index contributed by atoms with van der Waals surface area (Å²) in [7, 11) is 0. The molecule has 0 radical (unpaired) electrons. The second kappa shape index (κ2) is 4.76. The van der Waals surface area contributed by atoms with E-state index in [9.17, 15) is 17.6 Å². The highest BCUT2D eigenvalue weighted by molar-refractivity contribution is 5.29. The molecule has 1 aromatic rings. The van der Waals surface area contributed by atoms with Crippen LogP contribution in [0.3, 0.4) is 0 Å². The molecule has 1 N–H and O–H groups in total. The highest BCUT2D eigenvalue weighted by atomic mass is 19.4. The highest BCUT2D eigenvalue weighted by Gasteiger charge is 2.36. The van der Waals surface area contributed by atoms with Crippen LogP contribution in [0.2, 0.25) is 0 Å². The molecule has 0 aliphatic carbocycles. The Kier molecular flexibility index (Phi) is 3.57. The molecule has 1 saturated heterocycles. The van der Waals surface area contributed by atoms with Gasteiger partial charge in [-0.1, -0.05) is 6.07 Å². The molecule has 106 valence electrons. The number of rotatable bonds is 1. The van der Waals surface area contributed by atoms with Crippen LogP contribution in [0.5, 0.6) is 0 Å². The van der Waals surface area contributed by atoms with Gasteiger partial charge in [-0.3, -0.25) is 0 Å². The van der Waals surface area contributed by atoms with Crippen molar-refractivity contribution in [2.45, 2.75) is 31.7 Å². The summed E-state index contributed by atoms with van der Waals surface area (Å²) in [6, 6.07) is 2.99. The van der Waals surface area contributed by atoms with E-state index < -0.39 is 29.3 Å². The van der Waals surface area contributed by atoms with E-state index in [4.69, 9.17) is 4.74 Å². The zero-order chi connectivity index (χ0) is 14.3. The van der Waals surface area contributed by atoms with Gasteiger partial charge in [0.05, 0.1) is 17.3 Å². The zero-order valence-corrected chi connectivity index (χ0v) is 10.6. The predicted molar refractivity (Wildman–Crippen MR) is 62.2 cm³/mol. The van der Waals surface area contributed by atoms with Crippen LogP contribution in [0, 0.1) is 5.82 Å². The van der Waals surface area contributed by atoms with Gasteiger partial charge < -0.3 is 10.1 Å². The van der Waals surface area contributed by atoms with Crippen molar-refractivity contribution in [1.82, 2.24) is 5.32 Å². The number of halogens is 4. The number of morpholine rings is 1. The van der Waals surface area contributed by atoms with Crippen LogP contribution in [-0.4, -0.2) is 18.7 Å². The number of ether oxygens (including phenoxy) is 1. The molecule has 2 nitrogen and oxygen atoms in total. The van der Waals surface area contributed by atoms with Crippen molar-refractivity contribution in [3.05, 3.63) is 35.1 Å². The van der Waals surface area contributed by atoms with E-state index in [1.165, 1.54) is 6.07 Å². The summed E-state index contributed by atoms with van der Waals surface area (Å²) in [6.07, 6.45) is -5.21. The van der Waals surface area contributed by atoms with E-state index in [0.29, 0.717) is 18.7 Å². The van der Waals surface area contributed by atoms with Crippen molar-refractivity contribution in [3.63, 3.8) is 0 Å². The van der Waals surface area contributed by atoms with E-state index in [2.05, 4.69) is 5.32 Å². The summed E-state index contributed by atoms with van der Waals surface area (Å²) in [6.45, 7) is 4.73. The van der Waals surface area contributed by atoms with Crippen LogP contribution in [0.15, 0.2) is 18.2 Å². The first-order valence-electron chi connectivity index (χ1n) is 5.94. The summed E-state index contributed by atoms with van der Waals surface area (Å²) in [5.41, 5.74) is -1.39. The Balaban J connectivity index is 2.31. The molecule has 0 spiro atoms. The second-order valence-electron chi connectivity index (χ2n) is 5.23. The molecule has 1 aromatic carbocycles. The zero-order valence-electron chi connectivity index (χ0n) is 10.6. The molecule has 0 bridgehead atoms. The fraction of sp³-hybridized carbons (Fsp3) is 0.538. The lowest BCUT2D eigenvalue weighted by Gasteiger charge is -2.37. The van der Waals surface area contributed by atoms with E-state index in [0.717, 1.165) is 12.1 Å². The minimum absolute atomic E-state index is 0.328. The first kappa shape index (κ1) is 14.3. The van der Waals surface area contributed by atoms with Gasteiger partial charge in [0.1, 0.15) is 5.82 Å². The van der Waals surface area contributed by atoms with E-state index in [1.54, 1.807) is 0 Å². The Morgan fingerprint density at radius 2 is 2.00 bits per heavy atom. The predicted octanol–water partition coefficient (Wildman–Crippen LogP) is 3.28. The maximum atomic E-state index is 13.2. The second-order valence-corrected chi connectivity index (χ2v) is 5.23. The molecule has 2 rings (SSSR count). The Bertz CT molecular complexity index is 470. The molecular formula is C13H15F4NO. The monoisotopic (exact) mass is 277 g/mol. The molecular weight excluding hydrogens is 262 g/mol. The molecule has 6 heteroatoms. The lowest BCUT2D eigenvalue weighted by atomic mass is 10.0. The highest BCUT2D eigenvalue weighted by Crippen LogP contribution is 2.35. The van der Waals surface area contributed by atoms with E-state index >= 15 is 0 Å². The SMILES string of the molecule is CC1(C)CNCC(c2ccc(F)c(C(F)(F)F)c2)O1. The van der Waals surface area contributed by atoms with E-state index in [1.807, 2.05) is 13.8 Å². The summed E-state index contributed by atoms with van der Waals surface area (Å²) < 4.78 is 56.9. The van der Waals surface area contributed by atoms with Crippen molar-refractivity contribution < 1.29 is 22.3 Å². The Morgan fingerprint density at radius 1 is 1.32 bits per heavy atom. The minimum atomic E-state index is -4.70. The van der Waals surface area contributed by atoms with Gasteiger partial charge in [0.2, 0.25) is 0 Å². The summed E-state index contributed by atoms with van der Waals surface area (Å²) >= 11 is 0. The van der Waals surface area contributed by atoms with Gasteiger partial charge in [0.15, 0.2) is 0 Å². The van der Waals surface area contributed by atoms with Crippen molar-refractivity contribution in [2.24, 2.45) is 0 Å². The Hall–Kier alpha value is -1.14. The maximum Gasteiger partial charge on any atom is 0.419 e. The molecule has 1 aliphatic heterocycles. The average molecular weight is 277 g/mol. The molecule has 0 saturated carbocycles. The number of alkyl halides is 3. The normalized spacial score (nSPS) is 23.4. The van der Waals surface area contributed by atoms with Gasteiger partial charge in [-0.2, -0.15) is 13.2 Å². The average Bonchev–Trinajstić information content (AvgIpc) is 2.26. The van der Waals surface area contributed by atoms with Crippen molar-refractivity contribution in [2.75, 3.05) is 13.1 Å². The molecule has 1 atom stereocenters. The largest absolute Gasteiger partial charge is 0.419 e. The minimum Gasteiger partial charge on any atom is -0.365 e. The lowest BCUT2D eigenvalue weighted by molar-refractivity contribution is -0.140. The van der Waals surface area contributed by atoms with Gasteiger partial charge in [-0.25, -0.2) is 4.39 Å². The third kappa shape index (κ3) is 3.25. The molecule has 0 amide bonds. The summed E-state index contributed by atoms with van der Waals surface area (Å²) in [5, 5.41) is 3.10. The van der Waals surface area contributed by atoms with Crippen LogP contribution in [0.4, 0.5) is 17.6 Å². The topological polar surface area (TPSA) is 21.3 Å². The maximum absolute atomic E-state index is 13.2. The molecule has 1 fully saturated rings. The quantitative estimate of drug-likeness (QED) is 0.795. The number of hydrogen-bond donors (Lipinski definition) is 1. The van der Waals surface area contributed by atoms with Gasteiger partial charge in [0, 0.05) is 13.1 Å². The molecule has 1 heterocycles. The third-order valence-corrected chi connectivity index (χ3v) is 3.01. The molecule has 1 unspecified atom stereocenters. The van der Waals surface area contributed by atoms with Crippen molar-refractivity contribution >= 4 is 0 Å². The van der Waals surface area contributed by atoms with Crippen molar-refractivity contribution in [1.29, 1.82) is 0 Å². The number of benzene rings is 1. The van der Waals surface area contributed by atoms with Gasteiger partial charge in [0.25, 0.3) is 0 Å². The summed E-state index contributed by atoms with van der Waals surface area (Å²) in [4.78, 5) is 0. The van der Waals surface area contributed by atoms with Crippen LogP contribution in [0.25, 0.3) is 0 Å². The van der Waals surface area contributed by atoms with Crippen LogP contribution in [-0.2, 0) is 10.9 Å². The third-order valence-electron chi connectivity index (χ3n) is 3.01. The van der Waals surface area contributed by atoms with Gasteiger partial charge in [-0.15, -0.1) is 0 Å². The fourth-order valence-corrected chi connectivity index (χ4v) is 2.12. The van der Waals surface area contributed by atoms with Crippen LogP contribution in [0.1, 0.15) is 31.1 Å². The molecule has 19 heavy (non-hydrogen) atoms. The molecule has 1 aliphatic rings. The van der Waals surface area contributed by atoms with Gasteiger partial charge >= 0.3 is 6.18 Å². The van der Waals surface area contributed by atoms with E-state index in [-0.39, 0.29) is 0 Å². The van der Waals surface area contributed by atoms with Crippen LogP contribution < -0.4 is 5.32 Å². The van der Waals surface area contributed by atoms with Crippen molar-refractivity contribution in [3.8, 4) is 0 Å². The van der Waals surface area contributed by atoms with Crippen LogP contribution >= 0.6 is 0 Å². The first-order chi connectivity index (χ1) is 8.69. The first-order valence-corrected chi connectivity index (χ1v) is 5.94. The Labute approximate surface area is 108 Å². The smallest absolute Gasteiger partial charge is 0.365 e. The number of nitrogens with one attached hydrogen (secondary N) is 1. The number of hydrogen-bond acceptors (Lipinski definition) is 2.